The molecule has 0 radical (unpaired) electrons. The van der Waals surface area contributed by atoms with Crippen LogP contribution in [0.1, 0.15) is 37.8 Å². The first-order chi connectivity index (χ1) is 10.3. The first kappa shape index (κ1) is 15.5. The largest absolute Gasteiger partial charge is 0.490 e. The number of thioether (sulfide) groups is 2. The fourth-order valence-corrected chi connectivity index (χ4v) is 6.02. The van der Waals surface area contributed by atoms with Crippen molar-refractivity contribution in [1.29, 1.82) is 0 Å². The number of hydrogen-bond acceptors (Lipinski definition) is 5. The summed E-state index contributed by atoms with van der Waals surface area (Å²) < 4.78 is 5.92. The Kier molecular flexibility index (Phi) is 5.38. The van der Waals surface area contributed by atoms with E-state index in [2.05, 4.69) is 60.1 Å². The van der Waals surface area contributed by atoms with Gasteiger partial charge in [-0.3, -0.25) is 11.3 Å². The van der Waals surface area contributed by atoms with Crippen molar-refractivity contribution in [2.45, 2.75) is 48.8 Å². The Bertz CT molecular complexity index is 467. The summed E-state index contributed by atoms with van der Waals surface area (Å²) in [4.78, 5) is 0. The summed E-state index contributed by atoms with van der Waals surface area (Å²) in [6.45, 7) is 2.27. The molecular weight excluding hydrogens is 300 g/mol. The summed E-state index contributed by atoms with van der Waals surface area (Å²) in [5, 5.41) is 1.19. The highest BCUT2D eigenvalue weighted by Crippen LogP contribution is 2.40. The SMILES string of the molecule is CCC1SCCSC1C(NN)c1cccc(OC2CC2)c1. The minimum Gasteiger partial charge on any atom is -0.490 e. The molecule has 21 heavy (non-hydrogen) atoms. The zero-order valence-corrected chi connectivity index (χ0v) is 14.1. The van der Waals surface area contributed by atoms with Crippen molar-refractivity contribution in [2.24, 2.45) is 5.84 Å². The van der Waals surface area contributed by atoms with Crippen molar-refractivity contribution in [1.82, 2.24) is 5.43 Å². The number of nitrogens with one attached hydrogen (secondary N) is 1. The van der Waals surface area contributed by atoms with Crippen LogP contribution in [-0.2, 0) is 0 Å². The standard InChI is InChI=1S/C16H24N2OS2/c1-2-14-16(21-9-8-20-14)15(18-17)11-4-3-5-13(10-11)19-12-6-7-12/h3-5,10,12,14-16,18H,2,6-9,17H2,1H3. The number of hydrogen-bond donors (Lipinski definition) is 2. The van der Waals surface area contributed by atoms with Gasteiger partial charge in [0.1, 0.15) is 5.75 Å². The van der Waals surface area contributed by atoms with Gasteiger partial charge in [-0.25, -0.2) is 0 Å². The molecule has 1 aliphatic carbocycles. The van der Waals surface area contributed by atoms with Crippen LogP contribution in [0.5, 0.6) is 5.75 Å². The molecule has 1 saturated heterocycles. The molecule has 1 heterocycles. The predicted octanol–water partition coefficient (Wildman–Crippen LogP) is 3.36. The minimum absolute atomic E-state index is 0.190. The molecule has 116 valence electrons. The highest BCUT2D eigenvalue weighted by atomic mass is 32.2. The minimum atomic E-state index is 0.190. The van der Waals surface area contributed by atoms with Gasteiger partial charge in [0.05, 0.1) is 12.1 Å². The van der Waals surface area contributed by atoms with E-state index in [4.69, 9.17) is 10.6 Å². The van der Waals surface area contributed by atoms with E-state index in [0.29, 0.717) is 16.6 Å². The van der Waals surface area contributed by atoms with Gasteiger partial charge in [0.15, 0.2) is 0 Å². The smallest absolute Gasteiger partial charge is 0.120 e. The number of nitrogens with two attached hydrogens (primary N) is 1. The monoisotopic (exact) mass is 324 g/mol. The molecule has 2 fully saturated rings. The quantitative estimate of drug-likeness (QED) is 0.621. The van der Waals surface area contributed by atoms with Gasteiger partial charge in [-0.05, 0) is 37.0 Å². The van der Waals surface area contributed by atoms with E-state index in [1.54, 1.807) is 0 Å². The van der Waals surface area contributed by atoms with Crippen molar-refractivity contribution in [3.05, 3.63) is 29.8 Å². The second-order valence-corrected chi connectivity index (χ2v) is 8.32. The average molecular weight is 325 g/mol. The van der Waals surface area contributed by atoms with E-state index in [9.17, 15) is 0 Å². The van der Waals surface area contributed by atoms with Crippen LogP contribution in [0.2, 0.25) is 0 Å². The van der Waals surface area contributed by atoms with E-state index < -0.39 is 0 Å². The Balaban J connectivity index is 1.77. The molecule has 3 N–H and O–H groups in total. The van der Waals surface area contributed by atoms with Crippen molar-refractivity contribution in [2.75, 3.05) is 11.5 Å². The Morgan fingerprint density at radius 2 is 2.14 bits per heavy atom. The normalized spacial score (nSPS) is 27.3. The maximum atomic E-state index is 5.92. The molecule has 0 spiro atoms. The summed E-state index contributed by atoms with van der Waals surface area (Å²) in [5.74, 6) is 9.35. The molecule has 3 unspecified atom stereocenters. The van der Waals surface area contributed by atoms with E-state index in [1.807, 2.05) is 0 Å². The maximum absolute atomic E-state index is 5.92. The number of hydrazine groups is 1. The van der Waals surface area contributed by atoms with Crippen LogP contribution in [0.4, 0.5) is 0 Å². The van der Waals surface area contributed by atoms with Gasteiger partial charge in [0.2, 0.25) is 0 Å². The fraction of sp³-hybridized carbons (Fsp3) is 0.625. The summed E-state index contributed by atoms with van der Waals surface area (Å²) in [6, 6.07) is 8.65. The molecule has 3 nitrogen and oxygen atoms in total. The highest BCUT2D eigenvalue weighted by molar-refractivity contribution is 8.07. The summed E-state index contributed by atoms with van der Waals surface area (Å²) >= 11 is 4.14. The van der Waals surface area contributed by atoms with Crippen molar-refractivity contribution < 1.29 is 4.74 Å². The lowest BCUT2D eigenvalue weighted by atomic mass is 10.0. The van der Waals surface area contributed by atoms with Crippen LogP contribution in [0.15, 0.2) is 24.3 Å². The molecular formula is C16H24N2OS2. The molecule has 1 aromatic rings. The molecule has 0 amide bonds. The number of ether oxygens (including phenoxy) is 1. The third-order valence-corrected chi connectivity index (χ3v) is 7.40. The van der Waals surface area contributed by atoms with E-state index in [-0.39, 0.29) is 6.04 Å². The Morgan fingerprint density at radius 3 is 2.86 bits per heavy atom. The summed E-state index contributed by atoms with van der Waals surface area (Å²) in [7, 11) is 0. The topological polar surface area (TPSA) is 47.3 Å². The lowest BCUT2D eigenvalue weighted by Crippen LogP contribution is -2.41. The van der Waals surface area contributed by atoms with Crippen LogP contribution in [0, 0.1) is 0 Å². The Hall–Kier alpha value is -0.360. The van der Waals surface area contributed by atoms with E-state index in [0.717, 1.165) is 5.75 Å². The number of rotatable bonds is 6. The summed E-state index contributed by atoms with van der Waals surface area (Å²) in [5.41, 5.74) is 4.30. The van der Waals surface area contributed by atoms with Crippen LogP contribution < -0.4 is 16.0 Å². The second kappa shape index (κ2) is 7.27. The molecule has 1 aromatic carbocycles. The average Bonchev–Trinajstić information content (AvgIpc) is 3.33. The molecule has 2 aliphatic rings. The van der Waals surface area contributed by atoms with Gasteiger partial charge >= 0.3 is 0 Å². The molecule has 0 bridgehead atoms. The van der Waals surface area contributed by atoms with Gasteiger partial charge < -0.3 is 4.74 Å². The Labute approximate surface area is 135 Å². The molecule has 1 saturated carbocycles. The maximum Gasteiger partial charge on any atom is 0.120 e. The zero-order chi connectivity index (χ0) is 14.7. The summed E-state index contributed by atoms with van der Waals surface area (Å²) in [6.07, 6.45) is 4.01. The lowest BCUT2D eigenvalue weighted by Gasteiger charge is -2.35. The van der Waals surface area contributed by atoms with Gasteiger partial charge in [-0.15, -0.1) is 0 Å². The third-order valence-electron chi connectivity index (χ3n) is 4.05. The van der Waals surface area contributed by atoms with Crippen LogP contribution in [-0.4, -0.2) is 28.1 Å². The molecule has 0 aromatic heterocycles. The number of benzene rings is 1. The molecule has 5 heteroatoms. The zero-order valence-electron chi connectivity index (χ0n) is 12.5. The van der Waals surface area contributed by atoms with E-state index in [1.165, 1.54) is 36.3 Å². The lowest BCUT2D eigenvalue weighted by molar-refractivity contribution is 0.302. The van der Waals surface area contributed by atoms with Crippen LogP contribution in [0.3, 0.4) is 0 Å². The molecule has 1 aliphatic heterocycles. The first-order valence-electron chi connectivity index (χ1n) is 7.77. The van der Waals surface area contributed by atoms with Crippen molar-refractivity contribution >= 4 is 23.5 Å². The fourth-order valence-electron chi connectivity index (χ4n) is 2.79. The van der Waals surface area contributed by atoms with Crippen molar-refractivity contribution in [3.8, 4) is 5.75 Å². The highest BCUT2D eigenvalue weighted by Gasteiger charge is 2.33. The third kappa shape index (κ3) is 3.89. The molecule has 3 atom stereocenters. The van der Waals surface area contributed by atoms with E-state index >= 15 is 0 Å². The predicted molar refractivity (Wildman–Crippen MR) is 92.9 cm³/mol. The van der Waals surface area contributed by atoms with Gasteiger partial charge in [0.25, 0.3) is 0 Å². The first-order valence-corrected chi connectivity index (χ1v) is 9.87. The van der Waals surface area contributed by atoms with Gasteiger partial charge in [-0.1, -0.05) is 19.1 Å². The van der Waals surface area contributed by atoms with Gasteiger partial charge in [0, 0.05) is 22.0 Å². The van der Waals surface area contributed by atoms with Crippen LogP contribution >= 0.6 is 23.5 Å². The Morgan fingerprint density at radius 1 is 1.33 bits per heavy atom. The van der Waals surface area contributed by atoms with Crippen molar-refractivity contribution in [3.63, 3.8) is 0 Å². The van der Waals surface area contributed by atoms with Crippen LogP contribution in [0.25, 0.3) is 0 Å². The van der Waals surface area contributed by atoms with Gasteiger partial charge in [-0.2, -0.15) is 23.5 Å². The molecule has 3 rings (SSSR count). The second-order valence-electron chi connectivity index (χ2n) is 5.69.